The van der Waals surface area contributed by atoms with E-state index >= 15 is 0 Å². The Kier molecular flexibility index (Phi) is 1.36. The minimum atomic E-state index is -1.38. The molecule has 2 aliphatic heterocycles. The number of hydrogen-bond donors (Lipinski definition) is 2. The normalized spacial score (nSPS) is 47.6. The van der Waals surface area contributed by atoms with Gasteiger partial charge in [-0.2, -0.15) is 0 Å². The lowest BCUT2D eigenvalue weighted by Crippen LogP contribution is -2.38. The van der Waals surface area contributed by atoms with Crippen molar-refractivity contribution in [2.75, 3.05) is 0 Å². The summed E-state index contributed by atoms with van der Waals surface area (Å²) < 4.78 is 5.42. The quantitative estimate of drug-likeness (QED) is 0.416. The van der Waals surface area contributed by atoms with Crippen molar-refractivity contribution in [1.82, 2.24) is 0 Å². The van der Waals surface area contributed by atoms with Crippen molar-refractivity contribution in [3.63, 3.8) is 0 Å². The van der Waals surface area contributed by atoms with Gasteiger partial charge in [-0.25, -0.2) is 0 Å². The highest BCUT2D eigenvalue weighted by Gasteiger charge is 2.50. The summed E-state index contributed by atoms with van der Waals surface area (Å²) in [6, 6.07) is 0. The number of hydrogen-bond acceptors (Lipinski definition) is 3. The standard InChI is InChI=1S/C8H12O3/c1-5-4-8(7(9)10)3-2-6(5)11-8/h2-3,5-7,9-10H,4H2,1H3. The zero-order valence-corrected chi connectivity index (χ0v) is 6.40. The molecule has 2 bridgehead atoms. The van der Waals surface area contributed by atoms with E-state index in [9.17, 15) is 0 Å². The monoisotopic (exact) mass is 156 g/mol. The molecule has 3 atom stereocenters. The lowest BCUT2D eigenvalue weighted by molar-refractivity contribution is -0.166. The second-order valence-electron chi connectivity index (χ2n) is 3.45. The lowest BCUT2D eigenvalue weighted by Gasteiger charge is -2.24. The third-order valence-corrected chi connectivity index (χ3v) is 2.56. The first-order valence-corrected chi connectivity index (χ1v) is 3.87. The maximum Gasteiger partial charge on any atom is 0.185 e. The molecule has 0 saturated carbocycles. The molecule has 3 unspecified atom stereocenters. The highest BCUT2D eigenvalue weighted by Crippen LogP contribution is 2.43. The smallest absolute Gasteiger partial charge is 0.185 e. The van der Waals surface area contributed by atoms with Gasteiger partial charge >= 0.3 is 0 Å². The summed E-state index contributed by atoms with van der Waals surface area (Å²) in [6.45, 7) is 2.05. The molecule has 1 saturated heterocycles. The van der Waals surface area contributed by atoms with Gasteiger partial charge in [0.25, 0.3) is 0 Å². The Bertz CT molecular complexity index is 200. The predicted molar refractivity (Wildman–Crippen MR) is 38.8 cm³/mol. The van der Waals surface area contributed by atoms with Crippen molar-refractivity contribution in [1.29, 1.82) is 0 Å². The van der Waals surface area contributed by atoms with E-state index in [-0.39, 0.29) is 6.10 Å². The molecule has 0 aliphatic carbocycles. The molecule has 0 aromatic carbocycles. The van der Waals surface area contributed by atoms with Crippen molar-refractivity contribution >= 4 is 0 Å². The van der Waals surface area contributed by atoms with Gasteiger partial charge in [0.05, 0.1) is 6.10 Å². The van der Waals surface area contributed by atoms with Gasteiger partial charge in [0, 0.05) is 0 Å². The SMILES string of the molecule is CC1CC2(C(O)O)C=CC1O2. The average Bonchev–Trinajstić information content (AvgIpc) is 2.44. The molecule has 1 fully saturated rings. The second kappa shape index (κ2) is 2.06. The van der Waals surface area contributed by atoms with E-state index in [1.165, 1.54) is 0 Å². The van der Waals surface area contributed by atoms with Crippen molar-refractivity contribution < 1.29 is 14.9 Å². The molecule has 2 rings (SSSR count). The van der Waals surface area contributed by atoms with E-state index in [2.05, 4.69) is 6.92 Å². The van der Waals surface area contributed by atoms with Gasteiger partial charge in [0.2, 0.25) is 0 Å². The van der Waals surface area contributed by atoms with Gasteiger partial charge < -0.3 is 14.9 Å². The van der Waals surface area contributed by atoms with Crippen LogP contribution in [0.4, 0.5) is 0 Å². The molecule has 0 radical (unpaired) electrons. The highest BCUT2D eigenvalue weighted by atomic mass is 16.6. The van der Waals surface area contributed by atoms with Crippen LogP contribution in [0.5, 0.6) is 0 Å². The Morgan fingerprint density at radius 1 is 1.64 bits per heavy atom. The van der Waals surface area contributed by atoms with Crippen LogP contribution in [-0.2, 0) is 4.74 Å². The van der Waals surface area contributed by atoms with Gasteiger partial charge in [-0.15, -0.1) is 0 Å². The number of ether oxygens (including phenoxy) is 1. The summed E-state index contributed by atoms with van der Waals surface area (Å²) in [5, 5.41) is 18.1. The molecule has 3 nitrogen and oxygen atoms in total. The highest BCUT2D eigenvalue weighted by molar-refractivity contribution is 5.19. The Hall–Kier alpha value is -0.380. The van der Waals surface area contributed by atoms with Crippen LogP contribution in [0.1, 0.15) is 13.3 Å². The van der Waals surface area contributed by atoms with E-state index < -0.39 is 11.9 Å². The van der Waals surface area contributed by atoms with Crippen LogP contribution < -0.4 is 0 Å². The molecule has 2 N–H and O–H groups in total. The van der Waals surface area contributed by atoms with Crippen molar-refractivity contribution in [2.45, 2.75) is 31.3 Å². The van der Waals surface area contributed by atoms with Gasteiger partial charge in [-0.1, -0.05) is 13.0 Å². The second-order valence-corrected chi connectivity index (χ2v) is 3.45. The summed E-state index contributed by atoms with van der Waals surface area (Å²) in [4.78, 5) is 0. The first-order valence-electron chi connectivity index (χ1n) is 3.87. The topological polar surface area (TPSA) is 49.7 Å². The zero-order chi connectivity index (χ0) is 8.06. The van der Waals surface area contributed by atoms with E-state index in [0.29, 0.717) is 12.3 Å². The molecule has 0 spiro atoms. The van der Waals surface area contributed by atoms with Crippen molar-refractivity contribution in [3.8, 4) is 0 Å². The predicted octanol–water partition coefficient (Wildman–Crippen LogP) is 0.0307. The molecule has 0 aromatic heterocycles. The molecular weight excluding hydrogens is 144 g/mol. The summed E-state index contributed by atoms with van der Waals surface area (Å²) in [5.41, 5.74) is -0.788. The Morgan fingerprint density at radius 2 is 2.36 bits per heavy atom. The summed E-state index contributed by atoms with van der Waals surface area (Å²) >= 11 is 0. The molecule has 0 amide bonds. The van der Waals surface area contributed by atoms with Crippen LogP contribution in [0.25, 0.3) is 0 Å². The van der Waals surface area contributed by atoms with Gasteiger partial charge in [0.1, 0.15) is 5.60 Å². The van der Waals surface area contributed by atoms with E-state index in [4.69, 9.17) is 14.9 Å². The van der Waals surface area contributed by atoms with Crippen LogP contribution in [0.2, 0.25) is 0 Å². The van der Waals surface area contributed by atoms with Crippen LogP contribution in [0.15, 0.2) is 12.2 Å². The van der Waals surface area contributed by atoms with E-state index in [0.717, 1.165) is 0 Å². The van der Waals surface area contributed by atoms with Gasteiger partial charge in [-0.3, -0.25) is 0 Å². The number of aliphatic hydroxyl groups excluding tert-OH is 1. The molecule has 0 aromatic rings. The van der Waals surface area contributed by atoms with Crippen molar-refractivity contribution in [3.05, 3.63) is 12.2 Å². The third-order valence-electron chi connectivity index (χ3n) is 2.56. The summed E-state index contributed by atoms with van der Waals surface area (Å²) in [7, 11) is 0. The lowest BCUT2D eigenvalue weighted by atomic mass is 9.87. The molecule has 2 aliphatic rings. The van der Waals surface area contributed by atoms with Crippen LogP contribution in [-0.4, -0.2) is 28.2 Å². The molecule has 11 heavy (non-hydrogen) atoms. The van der Waals surface area contributed by atoms with Crippen molar-refractivity contribution in [2.24, 2.45) is 5.92 Å². The van der Waals surface area contributed by atoms with Gasteiger partial charge in [0.15, 0.2) is 6.29 Å². The number of fused-ring (bicyclic) bond motifs is 2. The fourth-order valence-electron chi connectivity index (χ4n) is 1.88. The fourth-order valence-corrected chi connectivity index (χ4v) is 1.88. The molecule has 3 heteroatoms. The Balaban J connectivity index is 2.25. The van der Waals surface area contributed by atoms with E-state index in [1.54, 1.807) is 6.08 Å². The summed E-state index contributed by atoms with van der Waals surface area (Å²) in [6.07, 6.45) is 3.10. The average molecular weight is 156 g/mol. The fraction of sp³-hybridized carbons (Fsp3) is 0.750. The summed E-state index contributed by atoms with van der Waals surface area (Å²) in [5.74, 6) is 0.404. The van der Waals surface area contributed by atoms with Crippen LogP contribution in [0.3, 0.4) is 0 Å². The molecular formula is C8H12O3. The third kappa shape index (κ3) is 0.851. The zero-order valence-electron chi connectivity index (χ0n) is 6.40. The molecule has 62 valence electrons. The maximum absolute atomic E-state index is 9.03. The first kappa shape index (κ1) is 7.28. The number of rotatable bonds is 1. The minimum absolute atomic E-state index is 0.0943. The minimum Gasteiger partial charge on any atom is -0.365 e. The van der Waals surface area contributed by atoms with Gasteiger partial charge in [-0.05, 0) is 18.4 Å². The first-order chi connectivity index (χ1) is 5.14. The van der Waals surface area contributed by atoms with Crippen LogP contribution >= 0.6 is 0 Å². The Labute approximate surface area is 65.3 Å². The van der Waals surface area contributed by atoms with Crippen LogP contribution in [0, 0.1) is 5.92 Å². The Morgan fingerprint density at radius 3 is 2.64 bits per heavy atom. The maximum atomic E-state index is 9.03. The van der Waals surface area contributed by atoms with E-state index in [1.807, 2.05) is 6.08 Å². The number of aliphatic hydroxyl groups is 2. The molecule has 2 heterocycles. The largest absolute Gasteiger partial charge is 0.365 e.